The van der Waals surface area contributed by atoms with Crippen LogP contribution in [0.2, 0.25) is 0 Å². The van der Waals surface area contributed by atoms with Gasteiger partial charge in [-0.25, -0.2) is 0 Å². The Labute approximate surface area is 161 Å². The van der Waals surface area contributed by atoms with Gasteiger partial charge in [-0.15, -0.1) is 0 Å². The van der Waals surface area contributed by atoms with Crippen molar-refractivity contribution in [1.29, 1.82) is 0 Å². The fourth-order valence-electron chi connectivity index (χ4n) is 3.51. The van der Waals surface area contributed by atoms with Crippen LogP contribution in [0.3, 0.4) is 0 Å². The minimum absolute atomic E-state index is 0.00699. The number of amides is 2. The predicted molar refractivity (Wildman–Crippen MR) is 103 cm³/mol. The molecule has 0 spiro atoms. The van der Waals surface area contributed by atoms with Crippen LogP contribution < -0.4 is 0 Å². The second-order valence-electron chi connectivity index (χ2n) is 7.83. The molecule has 148 valence electrons. The van der Waals surface area contributed by atoms with E-state index < -0.39 is 11.4 Å². The van der Waals surface area contributed by atoms with Gasteiger partial charge in [0.05, 0.1) is 17.9 Å². The molecule has 1 saturated heterocycles. The smallest absolute Gasteiger partial charge is 0.306 e. The van der Waals surface area contributed by atoms with Crippen LogP contribution in [0, 0.1) is 5.92 Å². The first-order chi connectivity index (χ1) is 12.7. The third-order valence-corrected chi connectivity index (χ3v) is 5.53. The average molecular weight is 374 g/mol. The molecule has 1 aromatic carbocycles. The fourth-order valence-corrected chi connectivity index (χ4v) is 3.51. The van der Waals surface area contributed by atoms with E-state index in [-0.39, 0.29) is 24.3 Å². The van der Waals surface area contributed by atoms with Crippen molar-refractivity contribution >= 4 is 17.8 Å². The summed E-state index contributed by atoms with van der Waals surface area (Å²) in [6, 6.07) is 8.01. The first kappa shape index (κ1) is 20.9. The van der Waals surface area contributed by atoms with Crippen molar-refractivity contribution < 1.29 is 19.5 Å². The molecule has 1 N–H and O–H groups in total. The van der Waals surface area contributed by atoms with Crippen molar-refractivity contribution in [2.75, 3.05) is 26.7 Å². The molecule has 1 aliphatic rings. The van der Waals surface area contributed by atoms with Gasteiger partial charge in [-0.2, -0.15) is 0 Å². The van der Waals surface area contributed by atoms with Gasteiger partial charge in [0.1, 0.15) is 0 Å². The summed E-state index contributed by atoms with van der Waals surface area (Å²) in [5.41, 5.74) is 1.42. The SMILES string of the molecule is CCc1ccc(C(C)(C)C(=O)N(C)CC(=O)N2CCC(C(=O)O)CC2)cc1. The summed E-state index contributed by atoms with van der Waals surface area (Å²) in [5.74, 6) is -1.42. The molecule has 0 unspecified atom stereocenters. The van der Waals surface area contributed by atoms with E-state index in [4.69, 9.17) is 5.11 Å². The topological polar surface area (TPSA) is 77.9 Å². The number of carboxylic acids is 1. The summed E-state index contributed by atoms with van der Waals surface area (Å²) in [6.07, 6.45) is 1.88. The van der Waals surface area contributed by atoms with Crippen molar-refractivity contribution in [3.05, 3.63) is 35.4 Å². The van der Waals surface area contributed by atoms with Gasteiger partial charge in [-0.3, -0.25) is 14.4 Å². The lowest BCUT2D eigenvalue weighted by atomic mass is 9.82. The van der Waals surface area contributed by atoms with Crippen LogP contribution in [0.25, 0.3) is 0 Å². The second-order valence-corrected chi connectivity index (χ2v) is 7.83. The highest BCUT2D eigenvalue weighted by molar-refractivity contribution is 5.91. The maximum Gasteiger partial charge on any atom is 0.306 e. The third kappa shape index (κ3) is 4.87. The lowest BCUT2D eigenvalue weighted by Crippen LogP contribution is -2.48. The number of carbonyl (C=O) groups is 3. The van der Waals surface area contributed by atoms with Crippen molar-refractivity contribution in [3.8, 4) is 0 Å². The zero-order valence-electron chi connectivity index (χ0n) is 16.7. The number of likely N-dealkylation sites (tertiary alicyclic amines) is 1. The molecular weight excluding hydrogens is 344 g/mol. The summed E-state index contributed by atoms with van der Waals surface area (Å²) in [6.45, 7) is 6.70. The number of aliphatic carboxylic acids is 1. The number of rotatable bonds is 6. The average Bonchev–Trinajstić information content (AvgIpc) is 2.67. The molecule has 0 atom stereocenters. The quantitative estimate of drug-likeness (QED) is 0.829. The highest BCUT2D eigenvalue weighted by Crippen LogP contribution is 2.26. The van der Waals surface area contributed by atoms with Gasteiger partial charge in [0.2, 0.25) is 11.8 Å². The van der Waals surface area contributed by atoms with Crippen LogP contribution in [0.1, 0.15) is 44.7 Å². The lowest BCUT2D eigenvalue weighted by molar-refractivity contribution is -0.147. The molecular formula is C21H30N2O4. The van der Waals surface area contributed by atoms with E-state index in [1.54, 1.807) is 11.9 Å². The van der Waals surface area contributed by atoms with E-state index in [1.165, 1.54) is 10.5 Å². The van der Waals surface area contributed by atoms with Crippen LogP contribution in [-0.4, -0.2) is 59.4 Å². The molecule has 6 heteroatoms. The lowest BCUT2D eigenvalue weighted by Gasteiger charge is -2.33. The Morgan fingerprint density at radius 3 is 2.19 bits per heavy atom. The number of likely N-dealkylation sites (N-methyl/N-ethyl adjacent to an activating group) is 1. The monoisotopic (exact) mass is 374 g/mol. The molecule has 0 radical (unpaired) electrons. The number of hydrogen-bond donors (Lipinski definition) is 1. The number of nitrogens with zero attached hydrogens (tertiary/aromatic N) is 2. The molecule has 2 rings (SSSR count). The van der Waals surface area contributed by atoms with E-state index in [0.717, 1.165) is 12.0 Å². The van der Waals surface area contributed by atoms with E-state index in [9.17, 15) is 14.4 Å². The molecule has 0 aliphatic carbocycles. The van der Waals surface area contributed by atoms with E-state index in [2.05, 4.69) is 6.92 Å². The van der Waals surface area contributed by atoms with Crippen molar-refractivity contribution in [2.24, 2.45) is 5.92 Å². The Bertz CT molecular complexity index is 689. The molecule has 27 heavy (non-hydrogen) atoms. The Morgan fingerprint density at radius 2 is 1.70 bits per heavy atom. The van der Waals surface area contributed by atoms with Gasteiger partial charge in [0, 0.05) is 20.1 Å². The highest BCUT2D eigenvalue weighted by atomic mass is 16.4. The first-order valence-electron chi connectivity index (χ1n) is 9.52. The predicted octanol–water partition coefficient (Wildman–Crippen LogP) is 2.31. The summed E-state index contributed by atoms with van der Waals surface area (Å²) < 4.78 is 0. The largest absolute Gasteiger partial charge is 0.481 e. The third-order valence-electron chi connectivity index (χ3n) is 5.53. The summed E-state index contributed by atoms with van der Waals surface area (Å²) in [4.78, 5) is 39.6. The van der Waals surface area contributed by atoms with E-state index in [0.29, 0.717) is 25.9 Å². The Hall–Kier alpha value is -2.37. The number of piperidine rings is 1. The van der Waals surface area contributed by atoms with Crippen LogP contribution in [-0.2, 0) is 26.2 Å². The number of carboxylic acid groups (broad SMARTS) is 1. The van der Waals surface area contributed by atoms with E-state index >= 15 is 0 Å². The molecule has 2 amide bonds. The van der Waals surface area contributed by atoms with Gasteiger partial charge in [-0.1, -0.05) is 31.2 Å². The van der Waals surface area contributed by atoms with Gasteiger partial charge < -0.3 is 14.9 Å². The molecule has 0 aromatic heterocycles. The highest BCUT2D eigenvalue weighted by Gasteiger charge is 2.34. The number of hydrogen-bond acceptors (Lipinski definition) is 3. The number of benzene rings is 1. The van der Waals surface area contributed by atoms with Crippen LogP contribution >= 0.6 is 0 Å². The molecule has 1 aliphatic heterocycles. The molecule has 1 aromatic rings. The second kappa shape index (κ2) is 8.55. The molecule has 6 nitrogen and oxygen atoms in total. The van der Waals surface area contributed by atoms with Crippen molar-refractivity contribution in [1.82, 2.24) is 9.80 Å². The van der Waals surface area contributed by atoms with Gasteiger partial charge in [0.15, 0.2) is 0 Å². The Kier molecular flexibility index (Phi) is 6.63. The van der Waals surface area contributed by atoms with Gasteiger partial charge in [-0.05, 0) is 44.2 Å². The van der Waals surface area contributed by atoms with Gasteiger partial charge in [0.25, 0.3) is 0 Å². The zero-order chi connectivity index (χ0) is 20.2. The summed E-state index contributed by atoms with van der Waals surface area (Å²) in [5, 5.41) is 9.06. The Balaban J connectivity index is 1.97. The Morgan fingerprint density at radius 1 is 1.15 bits per heavy atom. The van der Waals surface area contributed by atoms with Crippen LogP contribution in [0.15, 0.2) is 24.3 Å². The zero-order valence-corrected chi connectivity index (χ0v) is 16.7. The van der Waals surface area contributed by atoms with Crippen molar-refractivity contribution in [2.45, 2.75) is 45.4 Å². The maximum atomic E-state index is 13.0. The number of aryl methyl sites for hydroxylation is 1. The minimum Gasteiger partial charge on any atom is -0.481 e. The van der Waals surface area contributed by atoms with E-state index in [1.807, 2.05) is 38.1 Å². The number of carbonyl (C=O) groups excluding carboxylic acids is 2. The molecule has 1 fully saturated rings. The summed E-state index contributed by atoms with van der Waals surface area (Å²) >= 11 is 0. The summed E-state index contributed by atoms with van der Waals surface area (Å²) in [7, 11) is 1.65. The minimum atomic E-state index is -0.801. The van der Waals surface area contributed by atoms with Crippen LogP contribution in [0.4, 0.5) is 0 Å². The first-order valence-corrected chi connectivity index (χ1v) is 9.52. The molecule has 1 heterocycles. The molecule has 0 bridgehead atoms. The standard InChI is InChI=1S/C21H30N2O4/c1-5-15-6-8-17(9-7-15)21(2,3)20(27)22(4)14-18(24)23-12-10-16(11-13-23)19(25)26/h6-9,16H,5,10-14H2,1-4H3,(H,25,26). The van der Waals surface area contributed by atoms with Gasteiger partial charge >= 0.3 is 5.97 Å². The maximum absolute atomic E-state index is 13.0. The normalized spacial score (nSPS) is 15.5. The van der Waals surface area contributed by atoms with Crippen molar-refractivity contribution in [3.63, 3.8) is 0 Å². The fraction of sp³-hybridized carbons (Fsp3) is 0.571. The molecule has 0 saturated carbocycles. The van der Waals surface area contributed by atoms with Crippen LogP contribution in [0.5, 0.6) is 0 Å².